The van der Waals surface area contributed by atoms with Gasteiger partial charge in [0.25, 0.3) is 0 Å². The number of aryl methyl sites for hydroxylation is 1. The van der Waals surface area contributed by atoms with E-state index in [0.717, 1.165) is 18.7 Å². The van der Waals surface area contributed by atoms with Crippen molar-refractivity contribution in [1.29, 1.82) is 0 Å². The quantitative estimate of drug-likeness (QED) is 0.887. The molecule has 0 bridgehead atoms. The summed E-state index contributed by atoms with van der Waals surface area (Å²) < 4.78 is 2.15. The van der Waals surface area contributed by atoms with Gasteiger partial charge in [0.15, 0.2) is 0 Å². The molecule has 2 aliphatic carbocycles. The monoisotopic (exact) mass is 367 g/mol. The first-order valence-corrected chi connectivity index (χ1v) is 10.3. The molecular formula is C22H29N3O2. The lowest BCUT2D eigenvalue weighted by atomic mass is 9.64. The zero-order chi connectivity index (χ0) is 18.8. The topological polar surface area (TPSA) is 58.4 Å². The fourth-order valence-corrected chi connectivity index (χ4v) is 5.78. The fraction of sp³-hybridized carbons (Fsp3) is 0.636. The Labute approximate surface area is 160 Å². The third-order valence-electron chi connectivity index (χ3n) is 7.34. The maximum atomic E-state index is 12.6. The van der Waals surface area contributed by atoms with Crippen LogP contribution in [0.1, 0.15) is 56.9 Å². The van der Waals surface area contributed by atoms with Crippen LogP contribution in [0.3, 0.4) is 0 Å². The second kappa shape index (κ2) is 5.81. The molecule has 0 radical (unpaired) electrons. The number of aliphatic hydroxyl groups is 1. The van der Waals surface area contributed by atoms with Gasteiger partial charge >= 0.3 is 0 Å². The number of fused-ring (bicyclic) bond motifs is 1. The third-order valence-corrected chi connectivity index (χ3v) is 7.34. The molecular weight excluding hydrogens is 338 g/mol. The highest BCUT2D eigenvalue weighted by molar-refractivity contribution is 5.82. The van der Waals surface area contributed by atoms with Crippen LogP contribution in [-0.4, -0.2) is 44.2 Å². The van der Waals surface area contributed by atoms with Crippen molar-refractivity contribution in [1.82, 2.24) is 14.5 Å². The summed E-state index contributed by atoms with van der Waals surface area (Å²) in [5.74, 6) is 0.932. The van der Waals surface area contributed by atoms with Crippen LogP contribution in [0.4, 0.5) is 0 Å². The van der Waals surface area contributed by atoms with Crippen molar-refractivity contribution in [2.45, 2.75) is 57.0 Å². The molecule has 5 heteroatoms. The van der Waals surface area contributed by atoms with Gasteiger partial charge in [0.2, 0.25) is 5.91 Å². The smallest absolute Gasteiger partial charge is 0.225 e. The largest absolute Gasteiger partial charge is 0.390 e. The predicted molar refractivity (Wildman–Crippen MR) is 104 cm³/mol. The number of rotatable bonds is 2. The number of hydrogen-bond donors (Lipinski definition) is 1. The summed E-state index contributed by atoms with van der Waals surface area (Å²) in [5.41, 5.74) is 2.25. The van der Waals surface area contributed by atoms with E-state index in [0.29, 0.717) is 24.2 Å². The van der Waals surface area contributed by atoms with E-state index >= 15 is 0 Å². The van der Waals surface area contributed by atoms with Gasteiger partial charge in [-0.15, -0.1) is 0 Å². The van der Waals surface area contributed by atoms with Crippen LogP contribution in [0, 0.1) is 11.3 Å². The molecule has 1 spiro atoms. The molecule has 3 heterocycles. The van der Waals surface area contributed by atoms with Crippen molar-refractivity contribution >= 4 is 16.9 Å². The van der Waals surface area contributed by atoms with Gasteiger partial charge in [-0.2, -0.15) is 0 Å². The van der Waals surface area contributed by atoms with Crippen molar-refractivity contribution in [3.8, 4) is 0 Å². The lowest BCUT2D eigenvalue weighted by Crippen LogP contribution is -2.62. The highest BCUT2D eigenvalue weighted by atomic mass is 16.3. The highest BCUT2D eigenvalue weighted by Crippen LogP contribution is 2.50. The van der Waals surface area contributed by atoms with Gasteiger partial charge in [0.1, 0.15) is 5.65 Å². The van der Waals surface area contributed by atoms with Gasteiger partial charge in [0.05, 0.1) is 5.60 Å². The maximum absolute atomic E-state index is 12.6. The van der Waals surface area contributed by atoms with E-state index in [1.807, 2.05) is 24.1 Å². The van der Waals surface area contributed by atoms with Crippen LogP contribution < -0.4 is 0 Å². The number of amides is 1. The van der Waals surface area contributed by atoms with Gasteiger partial charge in [0, 0.05) is 49.2 Å². The van der Waals surface area contributed by atoms with Gasteiger partial charge in [-0.05, 0) is 69.1 Å². The Morgan fingerprint density at radius 1 is 1.26 bits per heavy atom. The second-order valence-corrected chi connectivity index (χ2v) is 9.64. The van der Waals surface area contributed by atoms with Crippen LogP contribution in [-0.2, 0) is 11.8 Å². The lowest BCUT2D eigenvalue weighted by molar-refractivity contribution is -0.163. The van der Waals surface area contributed by atoms with E-state index in [-0.39, 0.29) is 11.8 Å². The Morgan fingerprint density at radius 2 is 1.96 bits per heavy atom. The molecule has 0 atom stereocenters. The molecule has 1 N–H and O–H groups in total. The average molecular weight is 367 g/mol. The summed E-state index contributed by atoms with van der Waals surface area (Å²) in [4.78, 5) is 19.1. The molecule has 144 valence electrons. The molecule has 1 amide bonds. The Balaban J connectivity index is 1.21. The van der Waals surface area contributed by atoms with Gasteiger partial charge in [-0.25, -0.2) is 4.98 Å². The van der Waals surface area contributed by atoms with Crippen LogP contribution in [0.15, 0.2) is 24.5 Å². The Hall–Kier alpha value is -1.88. The van der Waals surface area contributed by atoms with Crippen molar-refractivity contribution in [3.05, 3.63) is 30.1 Å². The maximum Gasteiger partial charge on any atom is 0.225 e. The number of likely N-dealkylation sites (tertiary alicyclic amines) is 1. The zero-order valence-electron chi connectivity index (χ0n) is 16.3. The minimum absolute atomic E-state index is 0.0527. The first kappa shape index (κ1) is 17.2. The molecule has 5 nitrogen and oxygen atoms in total. The zero-order valence-corrected chi connectivity index (χ0v) is 16.3. The van der Waals surface area contributed by atoms with E-state index in [2.05, 4.69) is 28.9 Å². The molecule has 2 aromatic rings. The molecule has 3 aliphatic rings. The SMILES string of the molecule is Cn1cc(C2CCC3(CC2)CN(C(=O)[C@H]2C[C@@](C)(O)C2)C3)c2cccnc21. The number of nitrogens with zero attached hydrogens (tertiary/aromatic N) is 3. The molecule has 5 rings (SSSR count). The summed E-state index contributed by atoms with van der Waals surface area (Å²) in [6, 6.07) is 4.22. The number of pyridine rings is 1. The molecule has 2 saturated carbocycles. The van der Waals surface area contributed by atoms with Gasteiger partial charge < -0.3 is 14.6 Å². The third kappa shape index (κ3) is 2.78. The standard InChI is InChI=1S/C22H29N3O2/c1-21(27)10-16(11-21)20(26)25-13-22(14-25)7-5-15(6-8-22)18-12-24(2)19-17(18)4-3-9-23-19/h3-4,9,12,15-16,27H,5-8,10-11,13-14H2,1-2H3/t16-,21+. The van der Waals surface area contributed by atoms with E-state index in [9.17, 15) is 9.90 Å². The molecule has 0 aromatic carbocycles. The summed E-state index contributed by atoms with van der Waals surface area (Å²) in [6.07, 6.45) is 10.2. The number of carbonyl (C=O) groups excluding carboxylic acids is 1. The van der Waals surface area contributed by atoms with E-state index < -0.39 is 5.60 Å². The Kier molecular flexibility index (Phi) is 3.71. The Bertz CT molecular complexity index is 876. The number of carbonyl (C=O) groups is 1. The van der Waals surface area contributed by atoms with Crippen LogP contribution in [0.2, 0.25) is 0 Å². The van der Waals surface area contributed by atoms with Crippen molar-refractivity contribution < 1.29 is 9.90 Å². The predicted octanol–water partition coefficient (Wildman–Crippen LogP) is 3.22. The summed E-state index contributed by atoms with van der Waals surface area (Å²) >= 11 is 0. The van der Waals surface area contributed by atoms with Crippen LogP contribution in [0.5, 0.6) is 0 Å². The van der Waals surface area contributed by atoms with Crippen LogP contribution >= 0.6 is 0 Å². The molecule has 27 heavy (non-hydrogen) atoms. The summed E-state index contributed by atoms with van der Waals surface area (Å²) in [5, 5.41) is 11.2. The summed E-state index contributed by atoms with van der Waals surface area (Å²) in [7, 11) is 2.08. The first-order chi connectivity index (χ1) is 12.9. The minimum Gasteiger partial charge on any atom is -0.390 e. The molecule has 3 fully saturated rings. The number of hydrogen-bond acceptors (Lipinski definition) is 3. The minimum atomic E-state index is -0.617. The van der Waals surface area contributed by atoms with Crippen molar-refractivity contribution in [2.24, 2.45) is 18.4 Å². The van der Waals surface area contributed by atoms with E-state index in [4.69, 9.17) is 0 Å². The fourth-order valence-electron chi connectivity index (χ4n) is 5.78. The average Bonchev–Trinajstić information content (AvgIpc) is 2.94. The molecule has 1 aliphatic heterocycles. The summed E-state index contributed by atoms with van der Waals surface area (Å²) in [6.45, 7) is 3.68. The van der Waals surface area contributed by atoms with Gasteiger partial charge in [-0.1, -0.05) is 0 Å². The normalized spacial score (nSPS) is 30.3. The number of aromatic nitrogens is 2. The van der Waals surface area contributed by atoms with Gasteiger partial charge in [-0.3, -0.25) is 4.79 Å². The van der Waals surface area contributed by atoms with E-state index in [1.54, 1.807) is 0 Å². The molecule has 0 unspecified atom stereocenters. The first-order valence-electron chi connectivity index (χ1n) is 10.3. The highest BCUT2D eigenvalue weighted by Gasteiger charge is 2.51. The van der Waals surface area contributed by atoms with Crippen molar-refractivity contribution in [2.75, 3.05) is 13.1 Å². The Morgan fingerprint density at radius 3 is 2.63 bits per heavy atom. The molecule has 1 saturated heterocycles. The van der Waals surface area contributed by atoms with E-state index in [1.165, 1.54) is 36.6 Å². The van der Waals surface area contributed by atoms with Crippen LogP contribution in [0.25, 0.3) is 11.0 Å². The van der Waals surface area contributed by atoms with Crippen molar-refractivity contribution in [3.63, 3.8) is 0 Å². The molecule has 2 aromatic heterocycles. The second-order valence-electron chi connectivity index (χ2n) is 9.64. The lowest BCUT2D eigenvalue weighted by Gasteiger charge is -2.55.